The first-order chi connectivity index (χ1) is 8.66. The molecule has 1 atom stereocenters. The summed E-state index contributed by atoms with van der Waals surface area (Å²) >= 11 is 0. The largest absolute Gasteiger partial charge is 0.394 e. The monoisotopic (exact) mass is 288 g/mol. The summed E-state index contributed by atoms with van der Waals surface area (Å²) in [6, 6.07) is 0. The summed E-state index contributed by atoms with van der Waals surface area (Å²) < 4.78 is 12.8. The fourth-order valence-corrected chi connectivity index (χ4v) is 8.04. The smallest absolute Gasteiger partial charge is 0.347 e. The van der Waals surface area contributed by atoms with Crippen molar-refractivity contribution in [3.05, 3.63) is 0 Å². The molecule has 0 amide bonds. The van der Waals surface area contributed by atoms with Gasteiger partial charge in [0.2, 0.25) is 0 Å². The third-order valence-corrected chi connectivity index (χ3v) is 11.0. The summed E-state index contributed by atoms with van der Waals surface area (Å²) in [5.41, 5.74) is 0.723. The second-order valence-corrected chi connectivity index (χ2v) is 10.9. The van der Waals surface area contributed by atoms with Gasteiger partial charge in [0.1, 0.15) is 0 Å². The van der Waals surface area contributed by atoms with Gasteiger partial charge in [-0.3, -0.25) is 0 Å². The predicted octanol–water partition coefficient (Wildman–Crippen LogP) is 5.52. The Kier molecular flexibility index (Phi) is 7.28. The normalized spacial score (nSPS) is 15.6. The minimum absolute atomic E-state index is 0.0796. The maximum atomic E-state index is 6.39. The van der Waals surface area contributed by atoms with Gasteiger partial charge in [-0.05, 0) is 19.3 Å². The van der Waals surface area contributed by atoms with Crippen molar-refractivity contribution in [2.75, 3.05) is 13.2 Å². The molecule has 0 radical (unpaired) electrons. The zero-order valence-corrected chi connectivity index (χ0v) is 15.7. The van der Waals surface area contributed by atoms with E-state index in [0.717, 1.165) is 26.1 Å². The summed E-state index contributed by atoms with van der Waals surface area (Å²) in [5.74, 6) is 0. The van der Waals surface area contributed by atoms with E-state index in [1.807, 2.05) is 0 Å². The van der Waals surface area contributed by atoms with Crippen molar-refractivity contribution in [2.24, 2.45) is 5.41 Å². The summed E-state index contributed by atoms with van der Waals surface area (Å²) in [6.07, 6.45) is 2.26. The molecule has 19 heavy (non-hydrogen) atoms. The van der Waals surface area contributed by atoms with E-state index in [2.05, 4.69) is 62.3 Å². The molecule has 0 bridgehead atoms. The third kappa shape index (κ3) is 3.42. The quantitative estimate of drug-likeness (QED) is 0.520. The topological polar surface area (TPSA) is 18.5 Å². The fraction of sp³-hybridized carbons (Fsp3) is 1.00. The molecule has 0 rings (SSSR count). The van der Waals surface area contributed by atoms with Crippen LogP contribution in [-0.2, 0) is 8.85 Å². The van der Waals surface area contributed by atoms with Crippen LogP contribution in [0.4, 0.5) is 0 Å². The molecule has 0 saturated carbocycles. The molecule has 0 aromatic rings. The average Bonchev–Trinajstić information content (AvgIpc) is 2.36. The lowest BCUT2D eigenvalue weighted by Gasteiger charge is -2.53. The van der Waals surface area contributed by atoms with Gasteiger partial charge in [0.25, 0.3) is 0 Å². The van der Waals surface area contributed by atoms with Crippen LogP contribution in [-0.4, -0.2) is 21.8 Å². The van der Waals surface area contributed by atoms with E-state index in [0.29, 0.717) is 5.54 Å². The second kappa shape index (κ2) is 7.23. The summed E-state index contributed by atoms with van der Waals surface area (Å²) in [7, 11) is -2.28. The Morgan fingerprint density at radius 2 is 1.32 bits per heavy atom. The van der Waals surface area contributed by atoms with Crippen LogP contribution in [0, 0.1) is 5.41 Å². The maximum absolute atomic E-state index is 6.39. The highest BCUT2D eigenvalue weighted by molar-refractivity contribution is 6.72. The lowest BCUT2D eigenvalue weighted by molar-refractivity contribution is 0.103. The number of hydrogen-bond acceptors (Lipinski definition) is 2. The van der Waals surface area contributed by atoms with Crippen molar-refractivity contribution in [1.29, 1.82) is 0 Å². The number of hydrogen-bond donors (Lipinski definition) is 0. The minimum atomic E-state index is -2.28. The molecule has 0 aliphatic rings. The SMILES string of the molecule is CCO[Si](OCC)(C(C)CC)C(C)(C)C(C)(C)CC. The average molecular weight is 289 g/mol. The van der Waals surface area contributed by atoms with Crippen molar-refractivity contribution in [3.63, 3.8) is 0 Å². The van der Waals surface area contributed by atoms with E-state index in [-0.39, 0.29) is 10.5 Å². The van der Waals surface area contributed by atoms with E-state index >= 15 is 0 Å². The molecule has 0 heterocycles. The van der Waals surface area contributed by atoms with Crippen LogP contribution in [0.1, 0.15) is 75.2 Å². The Balaban J connectivity index is 5.78. The van der Waals surface area contributed by atoms with E-state index in [1.165, 1.54) is 0 Å². The van der Waals surface area contributed by atoms with Crippen molar-refractivity contribution >= 4 is 8.56 Å². The lowest BCUT2D eigenvalue weighted by atomic mass is 9.78. The van der Waals surface area contributed by atoms with Crippen molar-refractivity contribution in [3.8, 4) is 0 Å². The Labute approximate surface area is 122 Å². The third-order valence-electron chi connectivity index (χ3n) is 5.43. The van der Waals surface area contributed by atoms with Crippen molar-refractivity contribution < 1.29 is 8.85 Å². The van der Waals surface area contributed by atoms with Gasteiger partial charge in [0.15, 0.2) is 0 Å². The minimum Gasteiger partial charge on any atom is -0.394 e. The van der Waals surface area contributed by atoms with Gasteiger partial charge in [-0.2, -0.15) is 0 Å². The van der Waals surface area contributed by atoms with Crippen LogP contribution < -0.4 is 0 Å². The van der Waals surface area contributed by atoms with Gasteiger partial charge in [-0.25, -0.2) is 0 Å². The Morgan fingerprint density at radius 3 is 1.58 bits per heavy atom. The first kappa shape index (κ1) is 19.1. The summed E-state index contributed by atoms with van der Waals surface area (Å²) in [4.78, 5) is 0. The Bertz CT molecular complexity index is 255. The highest BCUT2D eigenvalue weighted by Gasteiger charge is 2.60. The molecular weight excluding hydrogens is 252 g/mol. The van der Waals surface area contributed by atoms with E-state index in [1.54, 1.807) is 0 Å². The highest BCUT2D eigenvalue weighted by atomic mass is 28.4. The molecule has 116 valence electrons. The lowest BCUT2D eigenvalue weighted by Crippen LogP contribution is -2.59. The Morgan fingerprint density at radius 1 is 0.895 bits per heavy atom. The van der Waals surface area contributed by atoms with Gasteiger partial charge in [-0.15, -0.1) is 0 Å². The van der Waals surface area contributed by atoms with Crippen molar-refractivity contribution in [2.45, 2.75) is 85.7 Å². The molecular formula is C16H36O2Si. The standard InChI is InChI=1S/C16H36O2Si/c1-10-14(5)19(17-12-3,18-13-4)16(8,9)15(6,7)11-2/h14H,10-13H2,1-9H3. The van der Waals surface area contributed by atoms with Gasteiger partial charge >= 0.3 is 8.56 Å². The molecule has 0 fully saturated rings. The summed E-state index contributed by atoms with van der Waals surface area (Å²) in [5, 5.41) is 0.0796. The molecule has 0 aromatic carbocycles. The van der Waals surface area contributed by atoms with Crippen LogP contribution in [0.2, 0.25) is 10.6 Å². The van der Waals surface area contributed by atoms with E-state index in [4.69, 9.17) is 8.85 Å². The van der Waals surface area contributed by atoms with Gasteiger partial charge in [-0.1, -0.05) is 61.3 Å². The Hall–Kier alpha value is 0.137. The molecule has 0 saturated heterocycles. The van der Waals surface area contributed by atoms with Crippen molar-refractivity contribution in [1.82, 2.24) is 0 Å². The van der Waals surface area contributed by atoms with E-state index in [9.17, 15) is 0 Å². The van der Waals surface area contributed by atoms with Crippen LogP contribution in [0.25, 0.3) is 0 Å². The van der Waals surface area contributed by atoms with Crippen LogP contribution in [0.5, 0.6) is 0 Å². The van der Waals surface area contributed by atoms with Crippen LogP contribution in [0.15, 0.2) is 0 Å². The first-order valence-corrected chi connectivity index (χ1v) is 9.84. The van der Waals surface area contributed by atoms with Gasteiger partial charge < -0.3 is 8.85 Å². The molecule has 0 aliphatic carbocycles. The first-order valence-electron chi connectivity index (χ1n) is 7.94. The highest BCUT2D eigenvalue weighted by Crippen LogP contribution is 2.58. The van der Waals surface area contributed by atoms with Gasteiger partial charge in [0, 0.05) is 23.8 Å². The van der Waals surface area contributed by atoms with E-state index < -0.39 is 8.56 Å². The molecule has 3 heteroatoms. The molecule has 1 unspecified atom stereocenters. The molecule has 0 N–H and O–H groups in total. The second-order valence-electron chi connectivity index (χ2n) is 6.71. The molecule has 0 aliphatic heterocycles. The fourth-order valence-electron chi connectivity index (χ4n) is 2.91. The zero-order chi connectivity index (χ0) is 15.3. The maximum Gasteiger partial charge on any atom is 0.347 e. The molecule has 0 spiro atoms. The predicted molar refractivity (Wildman–Crippen MR) is 86.8 cm³/mol. The zero-order valence-electron chi connectivity index (χ0n) is 14.7. The molecule has 0 aromatic heterocycles. The molecule has 2 nitrogen and oxygen atoms in total. The summed E-state index contributed by atoms with van der Waals surface area (Å²) in [6.45, 7) is 22.0. The van der Waals surface area contributed by atoms with Crippen LogP contribution >= 0.6 is 0 Å². The van der Waals surface area contributed by atoms with Crippen LogP contribution in [0.3, 0.4) is 0 Å². The van der Waals surface area contributed by atoms with Gasteiger partial charge in [0.05, 0.1) is 0 Å². The number of rotatable bonds is 9.